The molecule has 2 heteroatoms. The van der Waals surface area contributed by atoms with E-state index in [2.05, 4.69) is 29.9 Å². The molecule has 0 aromatic carbocycles. The molecule has 0 atom stereocenters. The minimum atomic E-state index is 0.784. The van der Waals surface area contributed by atoms with E-state index in [1.165, 1.54) is 18.4 Å². The van der Waals surface area contributed by atoms with E-state index in [1.807, 2.05) is 24.5 Å². The highest BCUT2D eigenvalue weighted by atomic mass is 14.7. The molecule has 2 heterocycles. The molecule has 2 aromatic heterocycles. The first kappa shape index (κ1) is 11.1. The topological polar surface area (TPSA) is 25.8 Å². The zero-order valence-corrected chi connectivity index (χ0v) is 9.98. The van der Waals surface area contributed by atoms with Gasteiger partial charge in [-0.2, -0.15) is 0 Å². The molecule has 2 nitrogen and oxygen atoms in total. The molecule has 0 N–H and O–H groups in total. The van der Waals surface area contributed by atoms with Crippen LogP contribution in [0.15, 0.2) is 30.6 Å². The fraction of sp³-hybridized carbons (Fsp3) is 0.429. The number of rotatable bonds is 4. The third kappa shape index (κ3) is 2.78. The number of hydrogen-bond donors (Lipinski definition) is 0. The molecule has 2 rings (SSSR count). The quantitative estimate of drug-likeness (QED) is 0.777. The molecule has 0 unspecified atom stereocenters. The van der Waals surface area contributed by atoms with Crippen LogP contribution >= 0.6 is 0 Å². The normalized spacial score (nSPS) is 11.2. The zero-order valence-electron chi connectivity index (χ0n) is 9.98. The van der Waals surface area contributed by atoms with Crippen molar-refractivity contribution in [2.45, 2.75) is 33.1 Å². The molecular formula is C14H18N2. The van der Waals surface area contributed by atoms with Crippen LogP contribution in [-0.2, 0) is 6.42 Å². The summed E-state index contributed by atoms with van der Waals surface area (Å²) in [4.78, 5) is 8.74. The minimum absolute atomic E-state index is 0.784. The van der Waals surface area contributed by atoms with Crippen LogP contribution in [0.3, 0.4) is 0 Å². The molecule has 0 aliphatic rings. The van der Waals surface area contributed by atoms with Gasteiger partial charge in [0.15, 0.2) is 0 Å². The summed E-state index contributed by atoms with van der Waals surface area (Å²) in [5, 5.41) is 0. The Labute approximate surface area is 96.7 Å². The van der Waals surface area contributed by atoms with Gasteiger partial charge in [-0.1, -0.05) is 20.3 Å². The highest BCUT2D eigenvalue weighted by Gasteiger charge is 1.99. The highest BCUT2D eigenvalue weighted by molar-refractivity contribution is 5.73. The maximum Gasteiger partial charge on any atom is 0.0889 e. The number of hydrogen-bond acceptors (Lipinski definition) is 2. The van der Waals surface area contributed by atoms with Crippen molar-refractivity contribution in [1.82, 2.24) is 9.97 Å². The number of nitrogens with zero attached hydrogens (tertiary/aromatic N) is 2. The Hall–Kier alpha value is -1.44. The molecule has 84 valence electrons. The van der Waals surface area contributed by atoms with Crippen LogP contribution in [0, 0.1) is 5.92 Å². The molecule has 0 spiro atoms. The van der Waals surface area contributed by atoms with E-state index in [9.17, 15) is 0 Å². The molecule has 0 amide bonds. The van der Waals surface area contributed by atoms with Crippen molar-refractivity contribution in [1.29, 1.82) is 0 Å². The predicted octanol–water partition coefficient (Wildman–Crippen LogP) is 3.61. The maximum absolute atomic E-state index is 4.42. The third-order valence-electron chi connectivity index (χ3n) is 2.75. The second kappa shape index (κ2) is 5.06. The van der Waals surface area contributed by atoms with E-state index in [1.54, 1.807) is 0 Å². The van der Waals surface area contributed by atoms with Crippen LogP contribution in [-0.4, -0.2) is 9.97 Å². The molecule has 0 saturated heterocycles. The van der Waals surface area contributed by atoms with Gasteiger partial charge in [0, 0.05) is 12.4 Å². The summed E-state index contributed by atoms with van der Waals surface area (Å²) < 4.78 is 0. The SMILES string of the molecule is CC(C)CCCc1cnc2cccnc2c1. The second-order valence-electron chi connectivity index (χ2n) is 4.67. The largest absolute Gasteiger partial charge is 0.255 e. The van der Waals surface area contributed by atoms with E-state index >= 15 is 0 Å². The van der Waals surface area contributed by atoms with Gasteiger partial charge in [0.05, 0.1) is 11.0 Å². The van der Waals surface area contributed by atoms with Crippen molar-refractivity contribution in [2.24, 2.45) is 5.92 Å². The first-order chi connectivity index (χ1) is 7.75. The summed E-state index contributed by atoms with van der Waals surface area (Å²) in [6, 6.07) is 6.08. The minimum Gasteiger partial charge on any atom is -0.255 e. The lowest BCUT2D eigenvalue weighted by atomic mass is 10.0. The Balaban J connectivity index is 2.08. The predicted molar refractivity (Wildman–Crippen MR) is 67.3 cm³/mol. The number of pyridine rings is 2. The zero-order chi connectivity index (χ0) is 11.4. The fourth-order valence-corrected chi connectivity index (χ4v) is 1.85. The Morgan fingerprint density at radius 1 is 1.19 bits per heavy atom. The van der Waals surface area contributed by atoms with Gasteiger partial charge in [0.1, 0.15) is 0 Å². The van der Waals surface area contributed by atoms with Gasteiger partial charge in [0.25, 0.3) is 0 Å². The number of aromatic nitrogens is 2. The summed E-state index contributed by atoms with van der Waals surface area (Å²) >= 11 is 0. The van der Waals surface area contributed by atoms with Gasteiger partial charge < -0.3 is 0 Å². The Kier molecular flexibility index (Phi) is 3.50. The summed E-state index contributed by atoms with van der Waals surface area (Å²) in [6.07, 6.45) is 7.42. The summed E-state index contributed by atoms with van der Waals surface area (Å²) in [6.45, 7) is 4.53. The highest BCUT2D eigenvalue weighted by Crippen LogP contribution is 2.13. The summed E-state index contributed by atoms with van der Waals surface area (Å²) in [7, 11) is 0. The monoisotopic (exact) mass is 214 g/mol. The molecule has 2 aromatic rings. The van der Waals surface area contributed by atoms with Gasteiger partial charge in [-0.05, 0) is 42.5 Å². The van der Waals surface area contributed by atoms with Crippen molar-refractivity contribution in [3.63, 3.8) is 0 Å². The van der Waals surface area contributed by atoms with Crippen molar-refractivity contribution in [3.8, 4) is 0 Å². The third-order valence-corrected chi connectivity index (χ3v) is 2.75. The Morgan fingerprint density at radius 3 is 2.88 bits per heavy atom. The average molecular weight is 214 g/mol. The van der Waals surface area contributed by atoms with Crippen LogP contribution in [0.4, 0.5) is 0 Å². The van der Waals surface area contributed by atoms with Crippen LogP contribution in [0.25, 0.3) is 11.0 Å². The maximum atomic E-state index is 4.42. The van der Waals surface area contributed by atoms with Gasteiger partial charge >= 0.3 is 0 Å². The van der Waals surface area contributed by atoms with E-state index in [4.69, 9.17) is 0 Å². The fourth-order valence-electron chi connectivity index (χ4n) is 1.85. The first-order valence-electron chi connectivity index (χ1n) is 5.95. The Bertz CT molecular complexity index is 463. The van der Waals surface area contributed by atoms with Crippen molar-refractivity contribution >= 4 is 11.0 Å². The van der Waals surface area contributed by atoms with Crippen LogP contribution < -0.4 is 0 Å². The smallest absolute Gasteiger partial charge is 0.0889 e. The van der Waals surface area contributed by atoms with Gasteiger partial charge in [-0.3, -0.25) is 9.97 Å². The summed E-state index contributed by atoms with van der Waals surface area (Å²) in [5.41, 5.74) is 3.28. The molecule has 0 radical (unpaired) electrons. The molecule has 0 aliphatic carbocycles. The van der Waals surface area contributed by atoms with E-state index in [-0.39, 0.29) is 0 Å². The molecular weight excluding hydrogens is 196 g/mol. The van der Waals surface area contributed by atoms with E-state index in [0.29, 0.717) is 0 Å². The lowest BCUT2D eigenvalue weighted by Gasteiger charge is -2.05. The van der Waals surface area contributed by atoms with E-state index in [0.717, 1.165) is 23.4 Å². The van der Waals surface area contributed by atoms with Crippen molar-refractivity contribution in [3.05, 3.63) is 36.2 Å². The first-order valence-corrected chi connectivity index (χ1v) is 5.95. The average Bonchev–Trinajstić information content (AvgIpc) is 2.28. The molecule has 0 fully saturated rings. The van der Waals surface area contributed by atoms with Crippen LogP contribution in [0.2, 0.25) is 0 Å². The molecule has 0 bridgehead atoms. The van der Waals surface area contributed by atoms with Gasteiger partial charge in [0.2, 0.25) is 0 Å². The molecule has 0 aliphatic heterocycles. The van der Waals surface area contributed by atoms with Crippen molar-refractivity contribution in [2.75, 3.05) is 0 Å². The van der Waals surface area contributed by atoms with Crippen LogP contribution in [0.5, 0.6) is 0 Å². The van der Waals surface area contributed by atoms with Gasteiger partial charge in [-0.25, -0.2) is 0 Å². The van der Waals surface area contributed by atoms with Crippen LogP contribution in [0.1, 0.15) is 32.3 Å². The second-order valence-corrected chi connectivity index (χ2v) is 4.67. The Morgan fingerprint density at radius 2 is 2.06 bits per heavy atom. The lowest BCUT2D eigenvalue weighted by Crippen LogP contribution is -1.92. The summed E-state index contributed by atoms with van der Waals surface area (Å²) in [5.74, 6) is 0.784. The van der Waals surface area contributed by atoms with E-state index < -0.39 is 0 Å². The molecule has 16 heavy (non-hydrogen) atoms. The standard InChI is InChI=1S/C14H18N2/c1-11(2)5-3-6-12-9-14-13(16-10-12)7-4-8-15-14/h4,7-11H,3,5-6H2,1-2H3. The van der Waals surface area contributed by atoms with Gasteiger partial charge in [-0.15, -0.1) is 0 Å². The number of aryl methyl sites for hydroxylation is 1. The number of fused-ring (bicyclic) bond motifs is 1. The molecule has 0 saturated carbocycles. The lowest BCUT2D eigenvalue weighted by molar-refractivity contribution is 0.555. The van der Waals surface area contributed by atoms with Crippen molar-refractivity contribution < 1.29 is 0 Å².